The highest BCUT2D eigenvalue weighted by Gasteiger charge is 2.52. The maximum absolute atomic E-state index is 14.5. The Hall–Kier alpha value is -2.73. The van der Waals surface area contributed by atoms with E-state index in [1.807, 2.05) is 35.2 Å². The van der Waals surface area contributed by atoms with Gasteiger partial charge in [0.15, 0.2) is 0 Å². The second-order valence-electron chi connectivity index (χ2n) is 8.82. The largest absolute Gasteiger partial charge is 0.317 e. The van der Waals surface area contributed by atoms with Gasteiger partial charge >= 0.3 is 0 Å². The van der Waals surface area contributed by atoms with Crippen LogP contribution in [-0.2, 0) is 5.41 Å². The third-order valence-corrected chi connectivity index (χ3v) is 7.39. The number of hydrogen-bond acceptors (Lipinski definition) is 3. The quantitative estimate of drug-likeness (QED) is 0.433. The third kappa shape index (κ3) is 4.24. The molecule has 4 nitrogen and oxygen atoms in total. The molecule has 0 unspecified atom stereocenters. The van der Waals surface area contributed by atoms with Gasteiger partial charge in [-0.3, -0.25) is 4.79 Å². The summed E-state index contributed by atoms with van der Waals surface area (Å²) in [6.45, 7) is 1.63. The van der Waals surface area contributed by atoms with E-state index in [0.29, 0.717) is 17.0 Å². The molecule has 174 valence electrons. The van der Waals surface area contributed by atoms with Crippen LogP contribution in [0.3, 0.4) is 0 Å². The Bertz CT molecular complexity index is 1240. The molecule has 1 saturated heterocycles. The molecule has 34 heavy (non-hydrogen) atoms. The van der Waals surface area contributed by atoms with Gasteiger partial charge in [0.05, 0.1) is 6.04 Å². The SMILES string of the molecule is O=C(c1ccnc(Cl)c1)N1c2ccc(F)cc2C2(CCNCC2)[C@H]1C/C=C/c1ccc(Cl)cc1. The number of halogens is 3. The van der Waals surface area contributed by atoms with E-state index < -0.39 is 0 Å². The number of rotatable bonds is 4. The number of nitrogens with one attached hydrogen (secondary N) is 1. The average Bonchev–Trinajstić information content (AvgIpc) is 3.09. The summed E-state index contributed by atoms with van der Waals surface area (Å²) in [6.07, 6.45) is 7.95. The highest BCUT2D eigenvalue weighted by Crippen LogP contribution is 2.52. The monoisotopic (exact) mass is 495 g/mol. The number of benzene rings is 2. The Balaban J connectivity index is 1.57. The van der Waals surface area contributed by atoms with Gasteiger partial charge in [0, 0.05) is 27.9 Å². The molecule has 1 amide bonds. The van der Waals surface area contributed by atoms with E-state index in [1.165, 1.54) is 12.3 Å². The van der Waals surface area contributed by atoms with Crippen LogP contribution < -0.4 is 10.2 Å². The minimum atomic E-state index is -0.334. The number of pyridine rings is 1. The predicted octanol–water partition coefficient (Wildman–Crippen LogP) is 6.28. The van der Waals surface area contributed by atoms with E-state index in [2.05, 4.69) is 16.4 Å². The van der Waals surface area contributed by atoms with Gasteiger partial charge in [-0.05, 0) is 85.9 Å². The summed E-state index contributed by atoms with van der Waals surface area (Å²) in [6, 6.07) is 15.5. The maximum atomic E-state index is 14.5. The van der Waals surface area contributed by atoms with Crippen LogP contribution in [0.25, 0.3) is 6.08 Å². The molecule has 3 heterocycles. The van der Waals surface area contributed by atoms with Gasteiger partial charge in [-0.2, -0.15) is 0 Å². The third-order valence-electron chi connectivity index (χ3n) is 6.93. The molecule has 0 radical (unpaired) electrons. The number of piperidine rings is 1. The molecular weight excluding hydrogens is 472 g/mol. The molecular formula is C27H24Cl2FN3O. The molecule has 5 rings (SSSR count). The zero-order valence-corrected chi connectivity index (χ0v) is 20.0. The minimum Gasteiger partial charge on any atom is -0.317 e. The number of fused-ring (bicyclic) bond motifs is 2. The second-order valence-corrected chi connectivity index (χ2v) is 9.64. The summed E-state index contributed by atoms with van der Waals surface area (Å²) in [5.74, 6) is -0.439. The van der Waals surface area contributed by atoms with Gasteiger partial charge in [-0.1, -0.05) is 47.5 Å². The minimum absolute atomic E-state index is 0.155. The van der Waals surface area contributed by atoms with Crippen LogP contribution >= 0.6 is 23.2 Å². The Morgan fingerprint density at radius 2 is 1.88 bits per heavy atom. The first-order chi connectivity index (χ1) is 16.5. The lowest BCUT2D eigenvalue weighted by Gasteiger charge is -2.41. The van der Waals surface area contributed by atoms with Crippen molar-refractivity contribution in [3.8, 4) is 0 Å². The van der Waals surface area contributed by atoms with Crippen molar-refractivity contribution in [2.24, 2.45) is 0 Å². The molecule has 1 aromatic heterocycles. The van der Waals surface area contributed by atoms with Crippen molar-refractivity contribution in [2.45, 2.75) is 30.7 Å². The molecule has 2 aliphatic rings. The fourth-order valence-electron chi connectivity index (χ4n) is 5.35. The first kappa shape index (κ1) is 23.0. The molecule has 1 N–H and O–H groups in total. The molecule has 0 bridgehead atoms. The van der Waals surface area contributed by atoms with Gasteiger partial charge in [-0.15, -0.1) is 0 Å². The van der Waals surface area contributed by atoms with E-state index in [1.54, 1.807) is 24.3 Å². The van der Waals surface area contributed by atoms with Gasteiger partial charge in [0.2, 0.25) is 0 Å². The van der Waals surface area contributed by atoms with Crippen LogP contribution in [-0.4, -0.2) is 30.0 Å². The number of aromatic nitrogens is 1. The van der Waals surface area contributed by atoms with Crippen LogP contribution in [0.4, 0.5) is 10.1 Å². The van der Waals surface area contributed by atoms with Crippen molar-refractivity contribution in [3.63, 3.8) is 0 Å². The van der Waals surface area contributed by atoms with Gasteiger partial charge in [0.25, 0.3) is 5.91 Å². The normalized spacial score (nSPS) is 19.0. The fourth-order valence-corrected chi connectivity index (χ4v) is 5.65. The molecule has 2 aromatic carbocycles. The van der Waals surface area contributed by atoms with Crippen LogP contribution in [0, 0.1) is 5.82 Å². The summed E-state index contributed by atoms with van der Waals surface area (Å²) in [5.41, 5.74) is 2.84. The molecule has 2 aliphatic heterocycles. The smallest absolute Gasteiger partial charge is 0.258 e. The number of hydrogen-bond donors (Lipinski definition) is 1. The van der Waals surface area contributed by atoms with Crippen LogP contribution in [0.5, 0.6) is 0 Å². The summed E-state index contributed by atoms with van der Waals surface area (Å²) in [4.78, 5) is 19.7. The first-order valence-electron chi connectivity index (χ1n) is 11.4. The van der Waals surface area contributed by atoms with E-state index in [9.17, 15) is 9.18 Å². The van der Waals surface area contributed by atoms with E-state index >= 15 is 0 Å². The fraction of sp³-hybridized carbons (Fsp3) is 0.259. The molecule has 0 aliphatic carbocycles. The summed E-state index contributed by atoms with van der Waals surface area (Å²) < 4.78 is 14.5. The lowest BCUT2D eigenvalue weighted by Crippen LogP contribution is -2.51. The Labute approximate surface area is 208 Å². The van der Waals surface area contributed by atoms with Crippen molar-refractivity contribution in [1.29, 1.82) is 0 Å². The van der Waals surface area contributed by atoms with Gasteiger partial charge in [-0.25, -0.2) is 9.37 Å². The first-order valence-corrected chi connectivity index (χ1v) is 12.1. The Morgan fingerprint density at radius 3 is 2.62 bits per heavy atom. The van der Waals surface area contributed by atoms with Crippen molar-refractivity contribution in [2.75, 3.05) is 18.0 Å². The van der Waals surface area contributed by atoms with Crippen LogP contribution in [0.2, 0.25) is 10.2 Å². The topological polar surface area (TPSA) is 45.2 Å². The highest BCUT2D eigenvalue weighted by atomic mass is 35.5. The molecule has 1 spiro atoms. The van der Waals surface area contributed by atoms with E-state index in [-0.39, 0.29) is 28.3 Å². The summed E-state index contributed by atoms with van der Waals surface area (Å²) >= 11 is 12.1. The maximum Gasteiger partial charge on any atom is 0.258 e. The number of amides is 1. The van der Waals surface area contributed by atoms with Crippen LogP contribution in [0.15, 0.2) is 66.9 Å². The molecule has 1 atom stereocenters. The number of carbonyl (C=O) groups is 1. The predicted molar refractivity (Wildman–Crippen MR) is 135 cm³/mol. The zero-order valence-electron chi connectivity index (χ0n) is 18.5. The standard InChI is InChI=1S/C27H24Cl2FN3O/c28-20-6-4-18(5-7-20)2-1-3-24-27(11-14-31-15-12-27)22-17-21(30)8-9-23(22)33(24)26(34)19-10-13-32-25(29)16-19/h1-2,4-10,13,16-17,24,31H,3,11-12,14-15H2/b2-1+/t24-/m1/s1. The van der Waals surface area contributed by atoms with Crippen molar-refractivity contribution in [1.82, 2.24) is 10.3 Å². The molecule has 1 fully saturated rings. The van der Waals surface area contributed by atoms with E-state index in [0.717, 1.165) is 42.7 Å². The second kappa shape index (κ2) is 9.49. The number of carbonyl (C=O) groups excluding carboxylic acids is 1. The summed E-state index contributed by atoms with van der Waals surface area (Å²) in [5, 5.41) is 4.37. The zero-order chi connectivity index (χ0) is 23.7. The lowest BCUT2D eigenvalue weighted by molar-refractivity contribution is 0.0964. The van der Waals surface area contributed by atoms with Crippen molar-refractivity contribution >= 4 is 40.9 Å². The number of anilines is 1. The summed E-state index contributed by atoms with van der Waals surface area (Å²) in [7, 11) is 0. The average molecular weight is 496 g/mol. The van der Waals surface area contributed by atoms with Crippen molar-refractivity contribution < 1.29 is 9.18 Å². The van der Waals surface area contributed by atoms with Crippen LogP contribution in [0.1, 0.15) is 40.7 Å². The molecule has 3 aromatic rings. The van der Waals surface area contributed by atoms with Crippen molar-refractivity contribution in [3.05, 3.63) is 99.6 Å². The molecule has 7 heteroatoms. The van der Waals surface area contributed by atoms with Gasteiger partial charge < -0.3 is 10.2 Å². The Kier molecular flexibility index (Phi) is 6.43. The highest BCUT2D eigenvalue weighted by molar-refractivity contribution is 6.30. The van der Waals surface area contributed by atoms with E-state index in [4.69, 9.17) is 23.2 Å². The lowest BCUT2D eigenvalue weighted by atomic mass is 9.69. The number of nitrogens with zero attached hydrogens (tertiary/aromatic N) is 2. The Morgan fingerprint density at radius 1 is 1.12 bits per heavy atom. The van der Waals surface area contributed by atoms with Gasteiger partial charge in [0.1, 0.15) is 11.0 Å². The molecule has 0 saturated carbocycles.